The Bertz CT molecular complexity index is 533. The topological polar surface area (TPSA) is 60.2 Å². The van der Waals surface area contributed by atoms with Gasteiger partial charge in [-0.2, -0.15) is 0 Å². The number of halogens is 1. The molecule has 19 heavy (non-hydrogen) atoms. The number of nitrogens with zero attached hydrogens (tertiary/aromatic N) is 1. The molecule has 1 heterocycles. The standard InChI is InChI=1S/C14H16ClN3O/c1-19-14-9-11(2-3-12(14)15)13(18-16)8-10-4-6-17-7-5-10/h2-7,9,13,18H,8,16H2,1H3. The number of rotatable bonds is 5. The third-order valence-corrected chi connectivity index (χ3v) is 3.28. The Hall–Kier alpha value is -1.62. The van der Waals surface area contributed by atoms with Crippen molar-refractivity contribution in [1.29, 1.82) is 0 Å². The highest BCUT2D eigenvalue weighted by Gasteiger charge is 2.12. The number of methoxy groups -OCH3 is 1. The van der Waals surface area contributed by atoms with Crippen molar-refractivity contribution in [2.24, 2.45) is 5.84 Å². The van der Waals surface area contributed by atoms with Crippen LogP contribution in [0.15, 0.2) is 42.7 Å². The Balaban J connectivity index is 2.22. The van der Waals surface area contributed by atoms with E-state index in [0.717, 1.165) is 17.5 Å². The summed E-state index contributed by atoms with van der Waals surface area (Å²) in [4.78, 5) is 4.00. The van der Waals surface area contributed by atoms with Crippen LogP contribution >= 0.6 is 11.6 Å². The largest absolute Gasteiger partial charge is 0.495 e. The van der Waals surface area contributed by atoms with Gasteiger partial charge in [0.05, 0.1) is 18.2 Å². The SMILES string of the molecule is COc1cc(C(Cc2ccncc2)NN)ccc1Cl. The van der Waals surface area contributed by atoms with Crippen molar-refractivity contribution in [2.45, 2.75) is 12.5 Å². The van der Waals surface area contributed by atoms with Crippen LogP contribution < -0.4 is 16.0 Å². The van der Waals surface area contributed by atoms with Crippen molar-refractivity contribution in [3.63, 3.8) is 0 Å². The second-order valence-corrected chi connectivity index (χ2v) is 4.58. The molecule has 2 aromatic rings. The average Bonchev–Trinajstić information content (AvgIpc) is 2.46. The van der Waals surface area contributed by atoms with Crippen molar-refractivity contribution in [3.8, 4) is 5.75 Å². The molecule has 1 aromatic carbocycles. The summed E-state index contributed by atoms with van der Waals surface area (Å²) in [6.45, 7) is 0. The molecule has 0 saturated carbocycles. The van der Waals surface area contributed by atoms with Gasteiger partial charge < -0.3 is 4.74 Å². The van der Waals surface area contributed by atoms with Gasteiger partial charge in [-0.05, 0) is 41.8 Å². The maximum absolute atomic E-state index is 6.02. The zero-order valence-electron chi connectivity index (χ0n) is 10.6. The lowest BCUT2D eigenvalue weighted by Crippen LogP contribution is -2.29. The minimum Gasteiger partial charge on any atom is -0.495 e. The van der Waals surface area contributed by atoms with Gasteiger partial charge in [-0.1, -0.05) is 17.7 Å². The number of ether oxygens (including phenoxy) is 1. The van der Waals surface area contributed by atoms with E-state index in [-0.39, 0.29) is 6.04 Å². The number of nitrogens with two attached hydrogens (primary N) is 1. The van der Waals surface area contributed by atoms with Crippen molar-refractivity contribution in [3.05, 3.63) is 58.9 Å². The van der Waals surface area contributed by atoms with Crippen molar-refractivity contribution < 1.29 is 4.74 Å². The molecule has 100 valence electrons. The molecule has 5 heteroatoms. The van der Waals surface area contributed by atoms with Crippen LogP contribution in [0.5, 0.6) is 5.75 Å². The number of aromatic nitrogens is 1. The molecule has 2 rings (SSSR count). The van der Waals surface area contributed by atoms with Gasteiger partial charge in [-0.3, -0.25) is 16.3 Å². The van der Waals surface area contributed by atoms with Crippen LogP contribution in [0.1, 0.15) is 17.2 Å². The summed E-state index contributed by atoms with van der Waals surface area (Å²) < 4.78 is 5.22. The maximum Gasteiger partial charge on any atom is 0.137 e. The first-order valence-electron chi connectivity index (χ1n) is 5.93. The van der Waals surface area contributed by atoms with Crippen LogP contribution in [0.3, 0.4) is 0 Å². The fraction of sp³-hybridized carbons (Fsp3) is 0.214. The monoisotopic (exact) mass is 277 g/mol. The smallest absolute Gasteiger partial charge is 0.137 e. The summed E-state index contributed by atoms with van der Waals surface area (Å²) in [7, 11) is 1.60. The maximum atomic E-state index is 6.02. The summed E-state index contributed by atoms with van der Waals surface area (Å²) >= 11 is 6.02. The number of hydrogen-bond acceptors (Lipinski definition) is 4. The van der Waals surface area contributed by atoms with Gasteiger partial charge in [0.25, 0.3) is 0 Å². The summed E-state index contributed by atoms with van der Waals surface area (Å²) in [5, 5.41) is 0.589. The molecule has 4 nitrogen and oxygen atoms in total. The van der Waals surface area contributed by atoms with Crippen LogP contribution in [0.25, 0.3) is 0 Å². The van der Waals surface area contributed by atoms with E-state index < -0.39 is 0 Å². The number of pyridine rings is 1. The molecule has 0 amide bonds. The highest BCUT2D eigenvalue weighted by atomic mass is 35.5. The predicted molar refractivity (Wildman–Crippen MR) is 76.0 cm³/mol. The molecular formula is C14H16ClN3O. The van der Waals surface area contributed by atoms with E-state index in [1.54, 1.807) is 19.5 Å². The Morgan fingerprint density at radius 2 is 2.05 bits per heavy atom. The van der Waals surface area contributed by atoms with E-state index in [4.69, 9.17) is 22.2 Å². The van der Waals surface area contributed by atoms with Crippen molar-refractivity contribution in [1.82, 2.24) is 10.4 Å². The molecule has 0 aliphatic heterocycles. The highest BCUT2D eigenvalue weighted by molar-refractivity contribution is 6.32. The molecule has 3 N–H and O–H groups in total. The quantitative estimate of drug-likeness (QED) is 0.651. The predicted octanol–water partition coefficient (Wildman–Crippen LogP) is 2.49. The zero-order chi connectivity index (χ0) is 13.7. The molecule has 0 saturated heterocycles. The Morgan fingerprint density at radius 3 is 2.68 bits per heavy atom. The molecule has 1 atom stereocenters. The van der Waals surface area contributed by atoms with Crippen LogP contribution in [-0.2, 0) is 6.42 Å². The Kier molecular flexibility index (Phi) is 4.74. The number of benzene rings is 1. The molecule has 0 fully saturated rings. The van der Waals surface area contributed by atoms with E-state index in [1.165, 1.54) is 0 Å². The molecular weight excluding hydrogens is 262 g/mol. The van der Waals surface area contributed by atoms with Crippen molar-refractivity contribution in [2.75, 3.05) is 7.11 Å². The molecule has 0 aliphatic rings. The van der Waals surface area contributed by atoms with E-state index >= 15 is 0 Å². The summed E-state index contributed by atoms with van der Waals surface area (Å²) in [5.74, 6) is 6.29. The van der Waals surface area contributed by atoms with Gasteiger partial charge in [0.1, 0.15) is 5.75 Å². The van der Waals surface area contributed by atoms with Gasteiger partial charge in [0, 0.05) is 12.4 Å². The van der Waals surface area contributed by atoms with Crippen LogP contribution in [0.4, 0.5) is 0 Å². The van der Waals surface area contributed by atoms with Gasteiger partial charge in [0.2, 0.25) is 0 Å². The zero-order valence-corrected chi connectivity index (χ0v) is 11.4. The summed E-state index contributed by atoms with van der Waals surface area (Å²) in [5.41, 5.74) is 5.01. The normalized spacial score (nSPS) is 12.2. The average molecular weight is 278 g/mol. The lowest BCUT2D eigenvalue weighted by molar-refractivity contribution is 0.413. The third kappa shape index (κ3) is 3.44. The second-order valence-electron chi connectivity index (χ2n) is 4.17. The van der Waals surface area contributed by atoms with E-state index in [2.05, 4.69) is 10.4 Å². The molecule has 0 radical (unpaired) electrons. The van der Waals surface area contributed by atoms with Gasteiger partial charge in [-0.25, -0.2) is 0 Å². The Labute approximate surface area is 117 Å². The summed E-state index contributed by atoms with van der Waals surface area (Å²) in [6, 6.07) is 9.58. The van der Waals surface area contributed by atoms with E-state index in [9.17, 15) is 0 Å². The van der Waals surface area contributed by atoms with Gasteiger partial charge >= 0.3 is 0 Å². The van der Waals surface area contributed by atoms with Crippen LogP contribution in [0, 0.1) is 0 Å². The molecule has 1 aromatic heterocycles. The van der Waals surface area contributed by atoms with E-state index in [1.807, 2.05) is 30.3 Å². The molecule has 0 aliphatic carbocycles. The third-order valence-electron chi connectivity index (χ3n) is 2.97. The fourth-order valence-electron chi connectivity index (χ4n) is 1.92. The molecule has 1 unspecified atom stereocenters. The first-order valence-corrected chi connectivity index (χ1v) is 6.31. The summed E-state index contributed by atoms with van der Waals surface area (Å²) in [6.07, 6.45) is 4.31. The first-order chi connectivity index (χ1) is 9.24. The van der Waals surface area contributed by atoms with Crippen LogP contribution in [-0.4, -0.2) is 12.1 Å². The molecule has 0 bridgehead atoms. The minimum absolute atomic E-state index is 0.00596. The second kappa shape index (κ2) is 6.52. The van der Waals surface area contributed by atoms with Gasteiger partial charge in [0.15, 0.2) is 0 Å². The Morgan fingerprint density at radius 1 is 1.32 bits per heavy atom. The van der Waals surface area contributed by atoms with Crippen LogP contribution in [0.2, 0.25) is 5.02 Å². The number of nitrogens with one attached hydrogen (secondary N) is 1. The number of hydrogen-bond donors (Lipinski definition) is 2. The number of hydrazine groups is 1. The van der Waals surface area contributed by atoms with Gasteiger partial charge in [-0.15, -0.1) is 0 Å². The van der Waals surface area contributed by atoms with Crippen molar-refractivity contribution >= 4 is 11.6 Å². The van der Waals surface area contributed by atoms with E-state index in [0.29, 0.717) is 10.8 Å². The minimum atomic E-state index is -0.00596. The lowest BCUT2D eigenvalue weighted by atomic mass is 10.00. The fourth-order valence-corrected chi connectivity index (χ4v) is 2.12. The molecule has 0 spiro atoms. The first kappa shape index (κ1) is 13.8. The highest BCUT2D eigenvalue weighted by Crippen LogP contribution is 2.28. The lowest BCUT2D eigenvalue weighted by Gasteiger charge is -2.17.